The van der Waals surface area contributed by atoms with Gasteiger partial charge in [0.15, 0.2) is 5.82 Å². The van der Waals surface area contributed by atoms with Crippen molar-refractivity contribution in [2.24, 2.45) is 0 Å². The van der Waals surface area contributed by atoms with Gasteiger partial charge in [0, 0.05) is 17.2 Å². The topological polar surface area (TPSA) is 90.0 Å². The predicted octanol–water partition coefficient (Wildman–Crippen LogP) is 5.03. The van der Waals surface area contributed by atoms with Crippen molar-refractivity contribution >= 4 is 17.5 Å². The Kier molecular flexibility index (Phi) is 4.90. The third kappa shape index (κ3) is 4.47. The number of nitrogens with one attached hydrogen (secondary N) is 3. The largest absolute Gasteiger partial charge is 0.506 e. The number of anilines is 2. The number of hydrogen-bond donors (Lipinski definition) is 4. The van der Waals surface area contributed by atoms with Crippen LogP contribution in [0.25, 0.3) is 11.1 Å². The molecular formula is C21H24N4O2. The summed E-state index contributed by atoms with van der Waals surface area (Å²) in [6.45, 7) is 8.19. The molecule has 0 aliphatic rings. The van der Waals surface area contributed by atoms with Crippen LogP contribution in [0.5, 0.6) is 5.75 Å². The van der Waals surface area contributed by atoms with Crippen LogP contribution >= 0.6 is 0 Å². The standard InChI is InChI=1S/C21H24N4O2/c1-13-5-7-14(8-6-13)15-9-10-16(17(26)11-15)22-20(27)23-19-12-18(24-25-19)21(2,3)4/h5-12,26H,1-4H3,(H3,22,23,24,25,27). The van der Waals surface area contributed by atoms with E-state index in [-0.39, 0.29) is 11.2 Å². The molecule has 2 aromatic carbocycles. The number of nitrogens with zero attached hydrogens (tertiary/aromatic N) is 1. The Labute approximate surface area is 158 Å². The van der Waals surface area contributed by atoms with Crippen molar-refractivity contribution in [2.45, 2.75) is 33.1 Å². The molecule has 0 fully saturated rings. The van der Waals surface area contributed by atoms with E-state index in [1.54, 1.807) is 18.2 Å². The number of rotatable bonds is 3. The summed E-state index contributed by atoms with van der Waals surface area (Å²) in [5.74, 6) is 0.425. The maximum atomic E-state index is 12.2. The summed E-state index contributed by atoms with van der Waals surface area (Å²) in [6.07, 6.45) is 0. The third-order valence-corrected chi connectivity index (χ3v) is 4.26. The zero-order valence-electron chi connectivity index (χ0n) is 15.9. The zero-order valence-corrected chi connectivity index (χ0v) is 15.9. The number of phenolic OH excluding ortho intramolecular Hbond substituents is 1. The number of benzene rings is 2. The minimum absolute atomic E-state index is 0.000586. The Morgan fingerprint density at radius 2 is 1.67 bits per heavy atom. The van der Waals surface area contributed by atoms with Crippen molar-refractivity contribution in [3.05, 3.63) is 59.8 Å². The molecule has 27 heavy (non-hydrogen) atoms. The lowest BCUT2D eigenvalue weighted by molar-refractivity contribution is 0.262. The van der Waals surface area contributed by atoms with Gasteiger partial charge in [-0.05, 0) is 30.2 Å². The fourth-order valence-corrected chi connectivity index (χ4v) is 2.60. The van der Waals surface area contributed by atoms with Crippen LogP contribution in [0.15, 0.2) is 48.5 Å². The van der Waals surface area contributed by atoms with Gasteiger partial charge in [-0.3, -0.25) is 10.4 Å². The highest BCUT2D eigenvalue weighted by Crippen LogP contribution is 2.30. The molecule has 1 aromatic heterocycles. The molecule has 0 aliphatic carbocycles. The molecule has 140 valence electrons. The second-order valence-corrected chi connectivity index (χ2v) is 7.59. The van der Waals surface area contributed by atoms with E-state index in [2.05, 4.69) is 41.6 Å². The number of carbonyl (C=O) groups excluding carboxylic acids is 1. The van der Waals surface area contributed by atoms with Crippen LogP contribution < -0.4 is 10.6 Å². The molecule has 0 bridgehead atoms. The van der Waals surface area contributed by atoms with Gasteiger partial charge in [-0.1, -0.05) is 56.7 Å². The number of hydrogen-bond acceptors (Lipinski definition) is 3. The van der Waals surface area contributed by atoms with Gasteiger partial charge in [0.25, 0.3) is 0 Å². The van der Waals surface area contributed by atoms with E-state index in [0.29, 0.717) is 11.5 Å². The van der Waals surface area contributed by atoms with Gasteiger partial charge in [-0.2, -0.15) is 5.10 Å². The SMILES string of the molecule is Cc1ccc(-c2ccc(NC(=O)Nc3cc(C(C)(C)C)[nH]n3)c(O)c2)cc1. The van der Waals surface area contributed by atoms with Crippen LogP contribution in [0.3, 0.4) is 0 Å². The molecule has 6 heteroatoms. The lowest BCUT2D eigenvalue weighted by Crippen LogP contribution is -2.19. The molecular weight excluding hydrogens is 340 g/mol. The molecule has 3 rings (SSSR count). The van der Waals surface area contributed by atoms with Gasteiger partial charge in [0.1, 0.15) is 5.75 Å². The van der Waals surface area contributed by atoms with Crippen LogP contribution in [-0.2, 0) is 5.41 Å². The first-order valence-electron chi connectivity index (χ1n) is 8.76. The zero-order chi connectivity index (χ0) is 19.6. The van der Waals surface area contributed by atoms with Crippen molar-refractivity contribution in [3.8, 4) is 16.9 Å². The summed E-state index contributed by atoms with van der Waals surface area (Å²) in [5, 5.41) is 22.6. The molecule has 0 aliphatic heterocycles. The normalized spacial score (nSPS) is 11.3. The molecule has 0 saturated heterocycles. The minimum atomic E-state index is -0.472. The Hall–Kier alpha value is -3.28. The molecule has 0 unspecified atom stereocenters. The van der Waals surface area contributed by atoms with Crippen molar-refractivity contribution < 1.29 is 9.90 Å². The van der Waals surface area contributed by atoms with Gasteiger partial charge in [0.05, 0.1) is 5.69 Å². The number of aromatic hydroxyl groups is 1. The lowest BCUT2D eigenvalue weighted by Gasteiger charge is -2.14. The van der Waals surface area contributed by atoms with Gasteiger partial charge < -0.3 is 10.4 Å². The van der Waals surface area contributed by atoms with Crippen LogP contribution in [0, 0.1) is 6.92 Å². The monoisotopic (exact) mass is 364 g/mol. The summed E-state index contributed by atoms with van der Waals surface area (Å²) in [4.78, 5) is 12.2. The molecule has 2 amide bonds. The Morgan fingerprint density at radius 3 is 2.26 bits per heavy atom. The molecule has 4 N–H and O–H groups in total. The Bertz CT molecular complexity index is 953. The van der Waals surface area contributed by atoms with Crippen LogP contribution in [0.1, 0.15) is 32.0 Å². The van der Waals surface area contributed by atoms with Crippen molar-refractivity contribution in [2.75, 3.05) is 10.6 Å². The van der Waals surface area contributed by atoms with Crippen molar-refractivity contribution in [3.63, 3.8) is 0 Å². The highest BCUT2D eigenvalue weighted by Gasteiger charge is 2.17. The fourth-order valence-electron chi connectivity index (χ4n) is 2.60. The number of aryl methyl sites for hydroxylation is 1. The van der Waals surface area contributed by atoms with E-state index >= 15 is 0 Å². The van der Waals surface area contributed by atoms with Crippen LogP contribution in [0.2, 0.25) is 0 Å². The Morgan fingerprint density at radius 1 is 1.00 bits per heavy atom. The third-order valence-electron chi connectivity index (χ3n) is 4.26. The van der Waals surface area contributed by atoms with E-state index in [9.17, 15) is 9.90 Å². The first kappa shape index (κ1) is 18.5. The lowest BCUT2D eigenvalue weighted by atomic mass is 9.92. The van der Waals surface area contributed by atoms with Crippen LogP contribution in [-0.4, -0.2) is 21.3 Å². The number of aromatic nitrogens is 2. The highest BCUT2D eigenvalue weighted by atomic mass is 16.3. The maximum Gasteiger partial charge on any atom is 0.325 e. The second kappa shape index (κ2) is 7.15. The number of aromatic amines is 1. The van der Waals surface area contributed by atoms with Crippen LogP contribution in [0.4, 0.5) is 16.3 Å². The van der Waals surface area contributed by atoms with E-state index in [4.69, 9.17) is 0 Å². The van der Waals surface area contributed by atoms with Crippen molar-refractivity contribution in [1.82, 2.24) is 10.2 Å². The predicted molar refractivity (Wildman–Crippen MR) is 108 cm³/mol. The van der Waals surface area contributed by atoms with Gasteiger partial charge in [-0.15, -0.1) is 0 Å². The molecule has 1 heterocycles. The number of carbonyl (C=O) groups is 1. The summed E-state index contributed by atoms with van der Waals surface area (Å²) in [7, 11) is 0. The Balaban J connectivity index is 1.69. The number of phenols is 1. The highest BCUT2D eigenvalue weighted by molar-refractivity contribution is 6.00. The van der Waals surface area contributed by atoms with E-state index in [0.717, 1.165) is 16.8 Å². The first-order chi connectivity index (χ1) is 12.7. The molecule has 0 atom stereocenters. The maximum absolute atomic E-state index is 12.2. The molecule has 0 saturated carbocycles. The number of amides is 2. The molecule has 0 radical (unpaired) electrons. The quantitative estimate of drug-likeness (QED) is 0.491. The van der Waals surface area contributed by atoms with E-state index < -0.39 is 6.03 Å². The summed E-state index contributed by atoms with van der Waals surface area (Å²) in [5.41, 5.74) is 4.20. The minimum Gasteiger partial charge on any atom is -0.506 e. The summed E-state index contributed by atoms with van der Waals surface area (Å²) < 4.78 is 0. The van der Waals surface area contributed by atoms with Gasteiger partial charge in [0.2, 0.25) is 0 Å². The molecule has 0 spiro atoms. The average molecular weight is 364 g/mol. The molecule has 6 nitrogen and oxygen atoms in total. The van der Waals surface area contributed by atoms with E-state index in [1.807, 2.05) is 37.3 Å². The van der Waals surface area contributed by atoms with E-state index in [1.165, 1.54) is 5.56 Å². The molecule has 3 aromatic rings. The fraction of sp³-hybridized carbons (Fsp3) is 0.238. The summed E-state index contributed by atoms with van der Waals surface area (Å²) >= 11 is 0. The first-order valence-corrected chi connectivity index (χ1v) is 8.76. The summed E-state index contributed by atoms with van der Waals surface area (Å²) in [6, 6.07) is 14.5. The average Bonchev–Trinajstić information content (AvgIpc) is 3.06. The van der Waals surface area contributed by atoms with Crippen molar-refractivity contribution in [1.29, 1.82) is 0 Å². The second-order valence-electron chi connectivity index (χ2n) is 7.59. The number of H-pyrrole nitrogens is 1. The number of urea groups is 1. The smallest absolute Gasteiger partial charge is 0.325 e. The van der Waals surface area contributed by atoms with Gasteiger partial charge >= 0.3 is 6.03 Å². The van der Waals surface area contributed by atoms with Gasteiger partial charge in [-0.25, -0.2) is 4.79 Å².